The van der Waals surface area contributed by atoms with E-state index >= 15 is 0 Å². The summed E-state index contributed by atoms with van der Waals surface area (Å²) in [7, 11) is 0. The van der Waals surface area contributed by atoms with Crippen molar-refractivity contribution in [1.29, 1.82) is 0 Å². The number of phenols is 1. The fourth-order valence-corrected chi connectivity index (χ4v) is 1.71. The maximum Gasteiger partial charge on any atom is 0.231 e. The number of alkyl halides is 1. The predicted molar refractivity (Wildman–Crippen MR) is 46.7 cm³/mol. The summed E-state index contributed by atoms with van der Waals surface area (Å²) in [5, 5.41) is 9.44. The Kier molecular flexibility index (Phi) is 2.03. The second-order valence-electron chi connectivity index (χ2n) is 2.57. The number of hydrogen-bond acceptors (Lipinski definition) is 3. The summed E-state index contributed by atoms with van der Waals surface area (Å²) in [5.74, 6) is 0.749. The molecule has 1 aliphatic heterocycles. The molecule has 0 fully saturated rings. The van der Waals surface area contributed by atoms with Crippen molar-refractivity contribution in [3.63, 3.8) is 0 Å². The summed E-state index contributed by atoms with van der Waals surface area (Å²) in [4.78, 5) is 0. The topological polar surface area (TPSA) is 38.7 Å². The molecule has 0 spiro atoms. The molecule has 3 nitrogen and oxygen atoms in total. The summed E-state index contributed by atoms with van der Waals surface area (Å²) in [6.07, 6.45) is 0. The molecule has 1 N–H and O–H groups in total. The van der Waals surface area contributed by atoms with E-state index in [0.717, 1.165) is 0 Å². The minimum atomic E-state index is -0.735. The number of hydrogen-bond donors (Lipinski definition) is 1. The summed E-state index contributed by atoms with van der Waals surface area (Å²) in [6.45, 7) is -0.635. The summed E-state index contributed by atoms with van der Waals surface area (Å²) >= 11 is 3.10. The van der Waals surface area contributed by atoms with Crippen LogP contribution < -0.4 is 9.47 Å². The lowest BCUT2D eigenvalue weighted by Gasteiger charge is -2.05. The molecule has 1 aromatic carbocycles. The fraction of sp³-hybridized carbons (Fsp3) is 0.250. The van der Waals surface area contributed by atoms with Gasteiger partial charge in [-0.15, -0.1) is 0 Å². The molecule has 0 aliphatic carbocycles. The highest BCUT2D eigenvalue weighted by atomic mass is 79.9. The van der Waals surface area contributed by atoms with Crippen LogP contribution in [0.1, 0.15) is 5.56 Å². The first-order valence-electron chi connectivity index (χ1n) is 3.60. The average molecular weight is 249 g/mol. The predicted octanol–water partition coefficient (Wildman–Crippen LogP) is 2.35. The van der Waals surface area contributed by atoms with Gasteiger partial charge in [-0.1, -0.05) is 0 Å². The van der Waals surface area contributed by atoms with Crippen molar-refractivity contribution in [1.82, 2.24) is 0 Å². The smallest absolute Gasteiger partial charge is 0.231 e. The Hall–Kier alpha value is -0.970. The third-order valence-electron chi connectivity index (χ3n) is 1.80. The molecule has 5 heteroatoms. The Bertz CT molecular complexity index is 353. The molecule has 0 bridgehead atoms. The van der Waals surface area contributed by atoms with Crippen molar-refractivity contribution in [2.24, 2.45) is 0 Å². The van der Waals surface area contributed by atoms with Crippen LogP contribution in [-0.4, -0.2) is 11.9 Å². The van der Waals surface area contributed by atoms with E-state index in [1.54, 1.807) is 0 Å². The van der Waals surface area contributed by atoms with Gasteiger partial charge >= 0.3 is 0 Å². The van der Waals surface area contributed by atoms with Gasteiger partial charge in [-0.3, -0.25) is 0 Å². The molecule has 0 saturated heterocycles. The molecule has 1 heterocycles. The third kappa shape index (κ3) is 1.23. The highest BCUT2D eigenvalue weighted by Crippen LogP contribution is 2.46. The van der Waals surface area contributed by atoms with Crippen LogP contribution in [0.25, 0.3) is 0 Å². The standard InChI is InChI=1S/C8H6BrFO3/c9-6-7(11)4(2-10)1-5-8(6)13-3-12-5/h1,11H,2-3H2. The zero-order valence-electron chi connectivity index (χ0n) is 6.51. The Morgan fingerprint density at radius 3 is 3.00 bits per heavy atom. The second kappa shape index (κ2) is 3.06. The van der Waals surface area contributed by atoms with Gasteiger partial charge in [-0.2, -0.15) is 0 Å². The molecule has 0 unspecified atom stereocenters. The van der Waals surface area contributed by atoms with E-state index < -0.39 is 6.67 Å². The molecule has 1 aliphatic rings. The number of rotatable bonds is 1. The van der Waals surface area contributed by atoms with Gasteiger partial charge < -0.3 is 14.6 Å². The molecule has 1 aromatic rings. The quantitative estimate of drug-likeness (QED) is 0.830. The van der Waals surface area contributed by atoms with Crippen LogP contribution in [0.5, 0.6) is 17.2 Å². The Morgan fingerprint density at radius 2 is 2.31 bits per heavy atom. The minimum Gasteiger partial charge on any atom is -0.506 e. The van der Waals surface area contributed by atoms with E-state index in [4.69, 9.17) is 9.47 Å². The van der Waals surface area contributed by atoms with Crippen LogP contribution >= 0.6 is 15.9 Å². The van der Waals surface area contributed by atoms with Crippen LogP contribution in [-0.2, 0) is 6.67 Å². The highest BCUT2D eigenvalue weighted by molar-refractivity contribution is 9.10. The lowest BCUT2D eigenvalue weighted by molar-refractivity contribution is 0.173. The zero-order valence-corrected chi connectivity index (χ0v) is 8.10. The number of halogens is 2. The van der Waals surface area contributed by atoms with E-state index in [0.29, 0.717) is 16.0 Å². The van der Waals surface area contributed by atoms with Gasteiger partial charge in [0.1, 0.15) is 16.9 Å². The van der Waals surface area contributed by atoms with Gasteiger partial charge in [0, 0.05) is 5.56 Å². The largest absolute Gasteiger partial charge is 0.506 e. The molecule has 0 aromatic heterocycles. The molecular weight excluding hydrogens is 243 g/mol. The van der Waals surface area contributed by atoms with Crippen molar-refractivity contribution in [3.05, 3.63) is 16.1 Å². The first-order chi connectivity index (χ1) is 6.24. The van der Waals surface area contributed by atoms with E-state index in [2.05, 4.69) is 15.9 Å². The van der Waals surface area contributed by atoms with Crippen LogP contribution in [0.3, 0.4) is 0 Å². The van der Waals surface area contributed by atoms with Gasteiger partial charge in [0.05, 0.1) is 0 Å². The molecule has 0 radical (unpaired) electrons. The first-order valence-corrected chi connectivity index (χ1v) is 4.39. The molecule has 70 valence electrons. The van der Waals surface area contributed by atoms with E-state index in [-0.39, 0.29) is 18.1 Å². The van der Waals surface area contributed by atoms with E-state index in [1.807, 2.05) is 0 Å². The van der Waals surface area contributed by atoms with Crippen molar-refractivity contribution in [3.8, 4) is 17.2 Å². The van der Waals surface area contributed by atoms with Crippen LogP contribution in [0.2, 0.25) is 0 Å². The van der Waals surface area contributed by atoms with Crippen molar-refractivity contribution < 1.29 is 19.0 Å². The number of phenolic OH excluding ortho intramolecular Hbond substituents is 1. The number of fused-ring (bicyclic) bond motifs is 1. The lowest BCUT2D eigenvalue weighted by Crippen LogP contribution is -1.93. The minimum absolute atomic E-state index is 0.100. The van der Waals surface area contributed by atoms with Crippen LogP contribution in [0, 0.1) is 0 Å². The Morgan fingerprint density at radius 1 is 1.54 bits per heavy atom. The highest BCUT2D eigenvalue weighted by Gasteiger charge is 2.22. The second-order valence-corrected chi connectivity index (χ2v) is 3.36. The van der Waals surface area contributed by atoms with Gasteiger partial charge in [-0.05, 0) is 22.0 Å². The number of benzene rings is 1. The first kappa shape index (κ1) is 8.62. The molecule has 0 saturated carbocycles. The molecular formula is C8H6BrFO3. The maximum absolute atomic E-state index is 12.4. The normalized spacial score (nSPS) is 13.4. The lowest BCUT2D eigenvalue weighted by atomic mass is 10.2. The van der Waals surface area contributed by atoms with Gasteiger partial charge in [-0.25, -0.2) is 4.39 Å². The molecule has 2 rings (SSSR count). The Balaban J connectivity index is 2.61. The van der Waals surface area contributed by atoms with Crippen molar-refractivity contribution in [2.45, 2.75) is 6.67 Å². The van der Waals surface area contributed by atoms with Crippen molar-refractivity contribution >= 4 is 15.9 Å². The average Bonchev–Trinajstić information content (AvgIpc) is 2.59. The molecule has 0 atom stereocenters. The number of aromatic hydroxyl groups is 1. The van der Waals surface area contributed by atoms with Crippen LogP contribution in [0.15, 0.2) is 10.5 Å². The molecule has 0 amide bonds. The van der Waals surface area contributed by atoms with Crippen LogP contribution in [0.4, 0.5) is 4.39 Å². The SMILES string of the molecule is Oc1c(CF)cc2c(c1Br)OCO2. The summed E-state index contributed by atoms with van der Waals surface area (Å²) in [5.41, 5.74) is 0.191. The zero-order chi connectivity index (χ0) is 9.42. The van der Waals surface area contributed by atoms with Crippen molar-refractivity contribution in [2.75, 3.05) is 6.79 Å². The number of ether oxygens (including phenoxy) is 2. The van der Waals surface area contributed by atoms with E-state index in [9.17, 15) is 9.50 Å². The van der Waals surface area contributed by atoms with E-state index in [1.165, 1.54) is 6.07 Å². The fourth-order valence-electron chi connectivity index (χ4n) is 1.14. The van der Waals surface area contributed by atoms with Gasteiger partial charge in [0.2, 0.25) is 6.79 Å². The summed E-state index contributed by atoms with van der Waals surface area (Å²) in [6, 6.07) is 1.43. The third-order valence-corrected chi connectivity index (χ3v) is 2.54. The van der Waals surface area contributed by atoms with Gasteiger partial charge in [0.15, 0.2) is 11.5 Å². The molecule has 13 heavy (non-hydrogen) atoms. The Labute approximate surface area is 82.2 Å². The monoisotopic (exact) mass is 248 g/mol. The summed E-state index contributed by atoms with van der Waals surface area (Å²) < 4.78 is 22.8. The maximum atomic E-state index is 12.4. The van der Waals surface area contributed by atoms with Gasteiger partial charge in [0.25, 0.3) is 0 Å².